The quantitative estimate of drug-likeness (QED) is 0.405. The van der Waals surface area contributed by atoms with Crippen molar-refractivity contribution in [2.75, 3.05) is 6.61 Å². The molecule has 0 radical (unpaired) electrons. The van der Waals surface area contributed by atoms with Gasteiger partial charge in [0, 0.05) is 5.56 Å². The van der Waals surface area contributed by atoms with Crippen molar-refractivity contribution in [3.05, 3.63) is 23.8 Å². The number of hydrogen-bond acceptors (Lipinski definition) is 6. The maximum absolute atomic E-state index is 11.5. The molecular weight excluding hydrogens is 342 g/mol. The van der Waals surface area contributed by atoms with Gasteiger partial charge in [-0.1, -0.05) is 0 Å². The van der Waals surface area contributed by atoms with Gasteiger partial charge in [-0.3, -0.25) is 24.4 Å². The van der Waals surface area contributed by atoms with Crippen LogP contribution in [0.4, 0.5) is 0 Å². The minimum atomic E-state index is -4.88. The molecule has 0 amide bonds. The number of carbonyl (C=O) groups excluding carboxylic acids is 1. The summed E-state index contributed by atoms with van der Waals surface area (Å²) in [5, 5.41) is 0. The Morgan fingerprint density at radius 1 is 1.09 bits per heavy atom. The number of ether oxygens (including phenoxy) is 1. The van der Waals surface area contributed by atoms with Crippen molar-refractivity contribution in [1.82, 2.24) is 0 Å². The lowest BCUT2D eigenvalue weighted by molar-refractivity contribution is -0.142. The molecule has 0 unspecified atom stereocenters. The van der Waals surface area contributed by atoms with Gasteiger partial charge in [-0.15, -0.1) is 0 Å². The molecule has 12 heteroatoms. The molecule has 1 aromatic carbocycles. The van der Waals surface area contributed by atoms with Crippen LogP contribution in [0.25, 0.3) is 0 Å². The highest BCUT2D eigenvalue weighted by atomic mass is 31.2. The Morgan fingerprint density at radius 3 is 2.18 bits per heavy atom. The zero-order valence-electron chi connectivity index (χ0n) is 11.3. The fourth-order valence-electron chi connectivity index (χ4n) is 1.47. The summed E-state index contributed by atoms with van der Waals surface area (Å²) in [5.74, 6) is -1.35. The van der Waals surface area contributed by atoms with E-state index < -0.39 is 28.0 Å². The summed E-state index contributed by atoms with van der Waals surface area (Å²) in [4.78, 5) is 46.5. The summed E-state index contributed by atoms with van der Waals surface area (Å²) in [7, 11) is -9.70. The van der Waals surface area contributed by atoms with Gasteiger partial charge in [0.1, 0.15) is 11.5 Å². The number of rotatable bonds is 7. The SMILES string of the molecule is CCOC(=O)Cc1cc(OP(=O)(O)O)ccc1OP(=O)(O)O. The Bertz CT molecular complexity index is 631. The molecule has 0 saturated heterocycles. The molecule has 0 bridgehead atoms. The third-order valence-electron chi connectivity index (χ3n) is 2.11. The van der Waals surface area contributed by atoms with E-state index in [1.54, 1.807) is 6.92 Å². The topological polar surface area (TPSA) is 160 Å². The second-order valence-corrected chi connectivity index (χ2v) is 6.24. The lowest BCUT2D eigenvalue weighted by atomic mass is 10.1. The van der Waals surface area contributed by atoms with Crippen LogP contribution in [0.2, 0.25) is 0 Å². The largest absolute Gasteiger partial charge is 0.524 e. The van der Waals surface area contributed by atoms with Crippen LogP contribution in [-0.4, -0.2) is 32.1 Å². The molecule has 0 aliphatic heterocycles. The molecule has 0 aliphatic carbocycles. The van der Waals surface area contributed by atoms with Gasteiger partial charge in [0.25, 0.3) is 0 Å². The fraction of sp³-hybridized carbons (Fsp3) is 0.300. The van der Waals surface area contributed by atoms with Crippen LogP contribution in [0.15, 0.2) is 18.2 Å². The van der Waals surface area contributed by atoms with E-state index in [1.165, 1.54) is 0 Å². The predicted molar refractivity (Wildman–Crippen MR) is 72.1 cm³/mol. The zero-order chi connectivity index (χ0) is 17.0. The highest BCUT2D eigenvalue weighted by Gasteiger charge is 2.22. The number of phosphoric acid groups is 2. The molecule has 1 aromatic rings. The van der Waals surface area contributed by atoms with Crippen LogP contribution < -0.4 is 9.05 Å². The van der Waals surface area contributed by atoms with Gasteiger partial charge < -0.3 is 13.8 Å². The van der Waals surface area contributed by atoms with E-state index in [1.807, 2.05) is 0 Å². The van der Waals surface area contributed by atoms with Gasteiger partial charge in [-0.25, -0.2) is 9.13 Å². The molecule has 0 atom stereocenters. The lowest BCUT2D eigenvalue weighted by Gasteiger charge is -2.14. The minimum Gasteiger partial charge on any atom is -0.466 e. The molecule has 0 aromatic heterocycles. The molecule has 1 rings (SSSR count). The molecule has 10 nitrogen and oxygen atoms in total. The van der Waals surface area contributed by atoms with E-state index >= 15 is 0 Å². The Morgan fingerprint density at radius 2 is 1.68 bits per heavy atom. The van der Waals surface area contributed by atoms with Crippen molar-refractivity contribution in [1.29, 1.82) is 0 Å². The highest BCUT2D eigenvalue weighted by molar-refractivity contribution is 7.47. The summed E-state index contributed by atoms with van der Waals surface area (Å²) >= 11 is 0. The summed E-state index contributed by atoms with van der Waals surface area (Å²) in [6.07, 6.45) is -0.429. The van der Waals surface area contributed by atoms with Gasteiger partial charge in [-0.05, 0) is 25.1 Å². The summed E-state index contributed by atoms with van der Waals surface area (Å²) in [6.45, 7) is 1.66. The number of phosphoric ester groups is 2. The lowest BCUT2D eigenvalue weighted by Crippen LogP contribution is -2.09. The molecule has 124 valence electrons. The molecular formula is C10H14O10P2. The predicted octanol–water partition coefficient (Wildman–Crippen LogP) is 0.735. The van der Waals surface area contributed by atoms with E-state index in [4.69, 9.17) is 19.6 Å². The van der Waals surface area contributed by atoms with Crippen LogP contribution >= 0.6 is 15.6 Å². The number of carbonyl (C=O) groups is 1. The van der Waals surface area contributed by atoms with Crippen molar-refractivity contribution in [3.63, 3.8) is 0 Å². The number of hydrogen-bond donors (Lipinski definition) is 4. The first-order chi connectivity index (χ1) is 10.00. The van der Waals surface area contributed by atoms with E-state index in [0.717, 1.165) is 18.2 Å². The fourth-order valence-corrected chi connectivity index (χ4v) is 2.30. The van der Waals surface area contributed by atoms with E-state index in [2.05, 4.69) is 13.8 Å². The van der Waals surface area contributed by atoms with Gasteiger partial charge in [0.15, 0.2) is 0 Å². The first kappa shape index (κ1) is 18.6. The van der Waals surface area contributed by atoms with Crippen molar-refractivity contribution in [2.45, 2.75) is 13.3 Å². The monoisotopic (exact) mass is 356 g/mol. The Hall–Kier alpha value is -1.41. The van der Waals surface area contributed by atoms with Crippen molar-refractivity contribution < 1.29 is 47.3 Å². The van der Waals surface area contributed by atoms with Crippen molar-refractivity contribution in [2.24, 2.45) is 0 Å². The normalized spacial score (nSPS) is 11.9. The first-order valence-electron chi connectivity index (χ1n) is 5.79. The van der Waals surface area contributed by atoms with Crippen LogP contribution in [0.1, 0.15) is 12.5 Å². The average Bonchev–Trinajstić information content (AvgIpc) is 2.29. The van der Waals surface area contributed by atoms with E-state index in [9.17, 15) is 13.9 Å². The second kappa shape index (κ2) is 7.23. The molecule has 0 heterocycles. The molecule has 22 heavy (non-hydrogen) atoms. The van der Waals surface area contributed by atoms with Crippen LogP contribution in [0, 0.1) is 0 Å². The zero-order valence-corrected chi connectivity index (χ0v) is 13.1. The summed E-state index contributed by atoms with van der Waals surface area (Å²) < 4.78 is 35.1. The van der Waals surface area contributed by atoms with Gasteiger partial charge >= 0.3 is 21.6 Å². The molecule has 0 spiro atoms. The van der Waals surface area contributed by atoms with E-state index in [0.29, 0.717) is 0 Å². The third-order valence-corrected chi connectivity index (χ3v) is 3.00. The molecule has 0 saturated carbocycles. The molecule has 0 aliphatic rings. The van der Waals surface area contributed by atoms with E-state index in [-0.39, 0.29) is 23.7 Å². The van der Waals surface area contributed by atoms with Gasteiger partial charge in [0.2, 0.25) is 0 Å². The standard InChI is InChI=1S/C10H14O10P2/c1-2-18-10(11)6-7-5-8(19-21(12,13)14)3-4-9(7)20-22(15,16)17/h3-5H,2,6H2,1H3,(H2,12,13,14)(H2,15,16,17). The second-order valence-electron chi connectivity index (χ2n) is 3.92. The van der Waals surface area contributed by atoms with Crippen molar-refractivity contribution in [3.8, 4) is 11.5 Å². The Labute approximate surface area is 125 Å². The highest BCUT2D eigenvalue weighted by Crippen LogP contribution is 2.42. The smallest absolute Gasteiger partial charge is 0.466 e. The van der Waals surface area contributed by atoms with Gasteiger partial charge in [0.05, 0.1) is 13.0 Å². The third kappa shape index (κ3) is 7.04. The first-order valence-corrected chi connectivity index (χ1v) is 8.85. The summed E-state index contributed by atoms with van der Waals surface area (Å²) in [5.41, 5.74) is -0.0623. The number of esters is 1. The molecule has 4 N–H and O–H groups in total. The molecule has 0 fully saturated rings. The minimum absolute atomic E-state index is 0.0623. The average molecular weight is 356 g/mol. The summed E-state index contributed by atoms with van der Waals surface area (Å²) in [6, 6.07) is 3.05. The maximum atomic E-state index is 11.5. The van der Waals surface area contributed by atoms with Gasteiger partial charge in [-0.2, -0.15) is 0 Å². The van der Waals surface area contributed by atoms with Crippen LogP contribution in [0.5, 0.6) is 11.5 Å². The van der Waals surface area contributed by atoms with Crippen LogP contribution in [-0.2, 0) is 25.1 Å². The maximum Gasteiger partial charge on any atom is 0.524 e. The van der Waals surface area contributed by atoms with Crippen LogP contribution in [0.3, 0.4) is 0 Å². The Balaban J connectivity index is 3.13. The Kier molecular flexibility index (Phi) is 6.13. The van der Waals surface area contributed by atoms with Crippen molar-refractivity contribution >= 4 is 21.6 Å². The number of benzene rings is 1.